The van der Waals surface area contributed by atoms with Gasteiger partial charge in [0.05, 0.1) is 18.7 Å². The fraction of sp³-hybridized carbons (Fsp3) is 0.200. The summed E-state index contributed by atoms with van der Waals surface area (Å²) in [6, 6.07) is 10.1. The van der Waals surface area contributed by atoms with Crippen molar-refractivity contribution in [2.45, 2.75) is 6.92 Å². The summed E-state index contributed by atoms with van der Waals surface area (Å²) in [5, 5.41) is 5.64. The van der Waals surface area contributed by atoms with Crippen molar-refractivity contribution < 1.29 is 19.1 Å². The van der Waals surface area contributed by atoms with Crippen LogP contribution in [0.2, 0.25) is 5.02 Å². The highest BCUT2D eigenvalue weighted by Crippen LogP contribution is 2.36. The zero-order chi connectivity index (χ0) is 19.8. The Kier molecular flexibility index (Phi) is 7.25. The second-order valence-corrected chi connectivity index (χ2v) is 5.86. The number of ether oxygens (including phenoxy) is 2. The zero-order valence-electron chi connectivity index (χ0n) is 15.3. The summed E-state index contributed by atoms with van der Waals surface area (Å²) in [5.41, 5.74) is 1.68. The lowest BCUT2D eigenvalue weighted by Crippen LogP contribution is -2.18. The minimum Gasteiger partial charge on any atom is -0.491 e. The maximum Gasteiger partial charge on any atom is 0.251 e. The van der Waals surface area contributed by atoms with Crippen molar-refractivity contribution in [1.29, 1.82) is 0 Å². The molecule has 0 aliphatic heterocycles. The van der Waals surface area contributed by atoms with Gasteiger partial charge >= 0.3 is 0 Å². The predicted octanol–water partition coefficient (Wildman–Crippen LogP) is 3.76. The maximum absolute atomic E-state index is 12.2. The van der Waals surface area contributed by atoms with Crippen LogP contribution in [0.25, 0.3) is 6.08 Å². The van der Waals surface area contributed by atoms with Gasteiger partial charge in [-0.15, -0.1) is 0 Å². The molecular formula is C20H21ClN2O4. The van der Waals surface area contributed by atoms with E-state index in [1.54, 1.807) is 49.5 Å². The molecule has 2 amide bonds. The Hall–Kier alpha value is -2.99. The van der Waals surface area contributed by atoms with Crippen molar-refractivity contribution in [2.24, 2.45) is 0 Å². The van der Waals surface area contributed by atoms with Crippen LogP contribution in [0.1, 0.15) is 22.8 Å². The van der Waals surface area contributed by atoms with Crippen LogP contribution in [0.4, 0.5) is 5.69 Å². The van der Waals surface area contributed by atoms with Crippen molar-refractivity contribution in [3.05, 3.63) is 58.6 Å². The number of hydrogen-bond donors (Lipinski definition) is 2. The van der Waals surface area contributed by atoms with Crippen molar-refractivity contribution in [3.63, 3.8) is 0 Å². The first-order chi connectivity index (χ1) is 13.0. The van der Waals surface area contributed by atoms with E-state index in [1.165, 1.54) is 13.2 Å². The van der Waals surface area contributed by atoms with Gasteiger partial charge in [-0.1, -0.05) is 17.7 Å². The van der Waals surface area contributed by atoms with E-state index in [4.69, 9.17) is 21.1 Å². The monoisotopic (exact) mass is 388 g/mol. The summed E-state index contributed by atoms with van der Waals surface area (Å²) in [5.74, 6) is 0.392. The number of hydrogen-bond acceptors (Lipinski definition) is 4. The van der Waals surface area contributed by atoms with Crippen LogP contribution in [0, 0.1) is 0 Å². The molecule has 0 radical (unpaired) electrons. The van der Waals surface area contributed by atoms with Gasteiger partial charge in [-0.25, -0.2) is 0 Å². The predicted molar refractivity (Wildman–Crippen MR) is 107 cm³/mol. The molecule has 7 heteroatoms. The number of benzene rings is 2. The van der Waals surface area contributed by atoms with E-state index in [9.17, 15) is 9.59 Å². The molecule has 0 fully saturated rings. The molecule has 2 N–H and O–H groups in total. The Labute approximate surface area is 163 Å². The van der Waals surface area contributed by atoms with E-state index in [0.717, 1.165) is 0 Å². The first-order valence-electron chi connectivity index (χ1n) is 8.30. The third kappa shape index (κ3) is 5.49. The third-order valence-corrected chi connectivity index (χ3v) is 3.86. The van der Waals surface area contributed by atoms with Gasteiger partial charge in [-0.3, -0.25) is 9.59 Å². The summed E-state index contributed by atoms with van der Waals surface area (Å²) in [6.45, 7) is 2.32. The van der Waals surface area contributed by atoms with Crippen molar-refractivity contribution in [2.75, 3.05) is 26.1 Å². The number of amides is 2. The van der Waals surface area contributed by atoms with Crippen molar-refractivity contribution in [1.82, 2.24) is 5.32 Å². The Morgan fingerprint density at radius 1 is 1.22 bits per heavy atom. The van der Waals surface area contributed by atoms with Crippen LogP contribution in [0.5, 0.6) is 11.5 Å². The molecule has 0 aliphatic rings. The number of methoxy groups -OCH3 is 1. The van der Waals surface area contributed by atoms with E-state index < -0.39 is 0 Å². The molecule has 0 aromatic heterocycles. The van der Waals surface area contributed by atoms with Crippen LogP contribution in [0.15, 0.2) is 42.5 Å². The number of carbonyl (C=O) groups excluding carboxylic acids is 2. The molecule has 6 nitrogen and oxygen atoms in total. The molecule has 0 saturated carbocycles. The molecule has 0 spiro atoms. The van der Waals surface area contributed by atoms with Gasteiger partial charge in [-0.2, -0.15) is 0 Å². The molecule has 0 saturated heterocycles. The first kappa shape index (κ1) is 20.3. The average molecular weight is 389 g/mol. The molecule has 2 aromatic carbocycles. The Morgan fingerprint density at radius 3 is 2.67 bits per heavy atom. The molecule has 2 aromatic rings. The highest BCUT2D eigenvalue weighted by Gasteiger charge is 2.11. The molecule has 0 atom stereocenters. The number of halogens is 1. The lowest BCUT2D eigenvalue weighted by Gasteiger charge is -2.11. The van der Waals surface area contributed by atoms with E-state index in [-0.39, 0.29) is 11.8 Å². The smallest absolute Gasteiger partial charge is 0.251 e. The molecule has 0 bridgehead atoms. The van der Waals surface area contributed by atoms with E-state index >= 15 is 0 Å². The van der Waals surface area contributed by atoms with Crippen LogP contribution in [0.3, 0.4) is 0 Å². The highest BCUT2D eigenvalue weighted by molar-refractivity contribution is 6.32. The quantitative estimate of drug-likeness (QED) is 0.708. The number of anilines is 1. The van der Waals surface area contributed by atoms with Gasteiger partial charge in [0.25, 0.3) is 5.91 Å². The zero-order valence-corrected chi connectivity index (χ0v) is 16.1. The number of carbonyl (C=O) groups is 2. The van der Waals surface area contributed by atoms with Crippen LogP contribution >= 0.6 is 11.6 Å². The minimum atomic E-state index is -0.339. The maximum atomic E-state index is 12.2. The van der Waals surface area contributed by atoms with Gasteiger partial charge in [0, 0.05) is 24.4 Å². The Morgan fingerprint density at radius 2 is 2.00 bits per heavy atom. The number of rotatable bonds is 7. The summed E-state index contributed by atoms with van der Waals surface area (Å²) < 4.78 is 10.8. The van der Waals surface area contributed by atoms with E-state index in [0.29, 0.717) is 39.9 Å². The molecule has 2 rings (SSSR count). The van der Waals surface area contributed by atoms with Gasteiger partial charge < -0.3 is 20.1 Å². The molecule has 0 unspecified atom stereocenters. The highest BCUT2D eigenvalue weighted by atomic mass is 35.5. The van der Waals surface area contributed by atoms with Crippen LogP contribution in [-0.2, 0) is 4.79 Å². The van der Waals surface area contributed by atoms with Crippen molar-refractivity contribution in [3.8, 4) is 11.5 Å². The van der Waals surface area contributed by atoms with E-state index in [1.807, 2.05) is 6.92 Å². The summed E-state index contributed by atoms with van der Waals surface area (Å²) in [4.78, 5) is 23.8. The molecule has 0 aliphatic carbocycles. The second-order valence-electron chi connectivity index (χ2n) is 5.45. The van der Waals surface area contributed by atoms with E-state index in [2.05, 4.69) is 10.6 Å². The van der Waals surface area contributed by atoms with Crippen LogP contribution < -0.4 is 20.1 Å². The van der Waals surface area contributed by atoms with Crippen LogP contribution in [-0.4, -0.2) is 32.6 Å². The lowest BCUT2D eigenvalue weighted by atomic mass is 10.1. The third-order valence-electron chi connectivity index (χ3n) is 3.58. The standard InChI is InChI=1S/C20H21ClN2O4/c1-4-27-17-11-13(10-16(21)19(17)26-3)8-9-18(24)23-15-7-5-6-14(12-15)20(25)22-2/h5-12H,4H2,1-3H3,(H,22,25)(H,23,24)/b9-8+. The second kappa shape index (κ2) is 9.64. The normalized spacial score (nSPS) is 10.5. The Bertz CT molecular complexity index is 865. The summed E-state index contributed by atoms with van der Waals surface area (Å²) in [7, 11) is 3.06. The average Bonchev–Trinajstić information content (AvgIpc) is 2.66. The number of nitrogens with one attached hydrogen (secondary N) is 2. The summed E-state index contributed by atoms with van der Waals surface area (Å²) >= 11 is 6.20. The fourth-order valence-corrected chi connectivity index (χ4v) is 2.68. The fourth-order valence-electron chi connectivity index (χ4n) is 2.38. The minimum absolute atomic E-state index is 0.224. The van der Waals surface area contributed by atoms with Gasteiger partial charge in [0.15, 0.2) is 11.5 Å². The lowest BCUT2D eigenvalue weighted by molar-refractivity contribution is -0.111. The van der Waals surface area contributed by atoms with Gasteiger partial charge in [0.1, 0.15) is 0 Å². The SMILES string of the molecule is CCOc1cc(/C=C/C(=O)Nc2cccc(C(=O)NC)c2)cc(Cl)c1OC. The summed E-state index contributed by atoms with van der Waals surface area (Å²) in [6.07, 6.45) is 2.99. The molecule has 27 heavy (non-hydrogen) atoms. The topological polar surface area (TPSA) is 76.7 Å². The molecule has 0 heterocycles. The van der Waals surface area contributed by atoms with Gasteiger partial charge in [-0.05, 0) is 48.9 Å². The molecule has 142 valence electrons. The van der Waals surface area contributed by atoms with Gasteiger partial charge in [0.2, 0.25) is 5.91 Å². The Balaban J connectivity index is 2.14. The largest absolute Gasteiger partial charge is 0.491 e. The molecular weight excluding hydrogens is 368 g/mol. The van der Waals surface area contributed by atoms with Crippen molar-refractivity contribution >= 4 is 35.2 Å². The first-order valence-corrected chi connectivity index (χ1v) is 8.67.